The summed E-state index contributed by atoms with van der Waals surface area (Å²) in [6.45, 7) is 0.679. The van der Waals surface area contributed by atoms with Crippen LogP contribution in [0.1, 0.15) is 17.2 Å². The molecule has 7 nitrogen and oxygen atoms in total. The van der Waals surface area contributed by atoms with Crippen LogP contribution in [0.5, 0.6) is 5.88 Å². The zero-order chi connectivity index (χ0) is 16.7. The Morgan fingerprint density at radius 1 is 1.43 bits per heavy atom. The minimum atomic E-state index is -0.870. The SMILES string of the molecule is C#Cc1c(OCCOC)ncc2cncc(C(C#N)NC=O)c12. The monoisotopic (exact) mass is 310 g/mol. The Balaban J connectivity index is 2.61. The van der Waals surface area contributed by atoms with Crippen molar-refractivity contribution in [3.05, 3.63) is 29.7 Å². The van der Waals surface area contributed by atoms with Gasteiger partial charge in [-0.25, -0.2) is 4.98 Å². The van der Waals surface area contributed by atoms with E-state index in [4.69, 9.17) is 15.9 Å². The van der Waals surface area contributed by atoms with Crippen molar-refractivity contribution in [2.75, 3.05) is 20.3 Å². The van der Waals surface area contributed by atoms with Gasteiger partial charge < -0.3 is 14.8 Å². The molecule has 0 aromatic carbocycles. The van der Waals surface area contributed by atoms with Crippen molar-refractivity contribution < 1.29 is 14.3 Å². The molecule has 2 rings (SSSR count). The van der Waals surface area contributed by atoms with E-state index >= 15 is 0 Å². The summed E-state index contributed by atoms with van der Waals surface area (Å²) in [4.78, 5) is 19.0. The van der Waals surface area contributed by atoms with Crippen molar-refractivity contribution in [2.24, 2.45) is 0 Å². The van der Waals surface area contributed by atoms with E-state index in [0.717, 1.165) is 0 Å². The van der Waals surface area contributed by atoms with Crippen molar-refractivity contribution in [3.8, 4) is 24.3 Å². The number of amides is 1. The first-order chi connectivity index (χ1) is 11.3. The molecule has 2 heterocycles. The third-order valence-corrected chi connectivity index (χ3v) is 3.13. The quantitative estimate of drug-likeness (QED) is 0.464. The van der Waals surface area contributed by atoms with Gasteiger partial charge in [0.15, 0.2) is 0 Å². The summed E-state index contributed by atoms with van der Waals surface area (Å²) in [6.07, 6.45) is 10.7. The second-order valence-corrected chi connectivity index (χ2v) is 4.46. The standard InChI is InChI=1S/C16H14N4O3/c1-3-12-15-11(8-19-16(12)23-5-4-22-2)7-18-9-13(15)14(6-17)20-10-21/h1,7-10,14H,4-5H2,2H3,(H,20,21). The average Bonchev–Trinajstić information content (AvgIpc) is 2.59. The fourth-order valence-corrected chi connectivity index (χ4v) is 2.13. The highest BCUT2D eigenvalue weighted by atomic mass is 16.5. The topological polar surface area (TPSA) is 97.1 Å². The van der Waals surface area contributed by atoms with Gasteiger partial charge in [0.2, 0.25) is 12.3 Å². The smallest absolute Gasteiger partial charge is 0.230 e. The third kappa shape index (κ3) is 3.37. The first-order valence-corrected chi connectivity index (χ1v) is 6.71. The number of nitriles is 1. The van der Waals surface area contributed by atoms with Crippen LogP contribution < -0.4 is 10.1 Å². The van der Waals surface area contributed by atoms with E-state index in [0.29, 0.717) is 41.5 Å². The molecule has 0 fully saturated rings. The molecule has 0 aliphatic rings. The Morgan fingerprint density at radius 2 is 2.26 bits per heavy atom. The zero-order valence-corrected chi connectivity index (χ0v) is 12.4. The second-order valence-electron chi connectivity index (χ2n) is 4.46. The summed E-state index contributed by atoms with van der Waals surface area (Å²) in [5.74, 6) is 2.82. The Hall–Kier alpha value is -3.16. The number of carbonyl (C=O) groups is 1. The molecule has 116 valence electrons. The number of fused-ring (bicyclic) bond motifs is 1. The summed E-state index contributed by atoms with van der Waals surface area (Å²) in [6, 6.07) is 1.13. The molecule has 1 N–H and O–H groups in total. The number of hydrogen-bond donors (Lipinski definition) is 1. The fraction of sp³-hybridized carbons (Fsp3) is 0.250. The van der Waals surface area contributed by atoms with E-state index in [1.54, 1.807) is 19.5 Å². The second kappa shape index (κ2) is 7.74. The molecule has 1 amide bonds. The zero-order valence-electron chi connectivity index (χ0n) is 12.4. The van der Waals surface area contributed by atoms with Gasteiger partial charge in [-0.05, 0) is 0 Å². The van der Waals surface area contributed by atoms with Gasteiger partial charge in [0.1, 0.15) is 12.6 Å². The van der Waals surface area contributed by atoms with Gasteiger partial charge in [-0.15, -0.1) is 6.42 Å². The molecule has 0 saturated carbocycles. The predicted molar refractivity (Wildman–Crippen MR) is 82.4 cm³/mol. The van der Waals surface area contributed by atoms with Gasteiger partial charge in [-0.1, -0.05) is 5.92 Å². The lowest BCUT2D eigenvalue weighted by molar-refractivity contribution is -0.109. The van der Waals surface area contributed by atoms with Gasteiger partial charge in [-0.3, -0.25) is 9.78 Å². The molecule has 23 heavy (non-hydrogen) atoms. The van der Waals surface area contributed by atoms with Crippen molar-refractivity contribution in [1.29, 1.82) is 5.26 Å². The van der Waals surface area contributed by atoms with Crippen molar-refractivity contribution in [1.82, 2.24) is 15.3 Å². The van der Waals surface area contributed by atoms with Gasteiger partial charge in [-0.2, -0.15) is 5.26 Å². The molecule has 0 bridgehead atoms. The first-order valence-electron chi connectivity index (χ1n) is 6.71. The molecule has 1 unspecified atom stereocenters. The number of terminal acetylenes is 1. The maximum absolute atomic E-state index is 10.7. The van der Waals surface area contributed by atoms with Gasteiger partial charge in [0, 0.05) is 42.0 Å². The maximum atomic E-state index is 10.7. The highest BCUT2D eigenvalue weighted by Gasteiger charge is 2.18. The van der Waals surface area contributed by atoms with Crippen LogP contribution in [0.4, 0.5) is 0 Å². The Bertz CT molecular complexity index is 792. The molecule has 0 aliphatic heterocycles. The largest absolute Gasteiger partial charge is 0.474 e. The number of rotatable bonds is 7. The lowest BCUT2D eigenvalue weighted by Gasteiger charge is -2.14. The van der Waals surface area contributed by atoms with E-state index in [1.807, 2.05) is 6.07 Å². The molecule has 7 heteroatoms. The normalized spacial score (nSPS) is 11.3. The number of nitrogens with zero attached hydrogens (tertiary/aromatic N) is 3. The van der Waals surface area contributed by atoms with Gasteiger partial charge >= 0.3 is 0 Å². The molecule has 0 aliphatic carbocycles. The minimum absolute atomic E-state index is 0.271. The Labute approximate surface area is 133 Å². The molecule has 0 saturated heterocycles. The number of methoxy groups -OCH3 is 1. The van der Waals surface area contributed by atoms with Gasteiger partial charge in [0.25, 0.3) is 0 Å². The minimum Gasteiger partial charge on any atom is -0.474 e. The van der Waals surface area contributed by atoms with Crippen LogP contribution in [0.25, 0.3) is 10.8 Å². The molecular weight excluding hydrogens is 296 g/mol. The van der Waals surface area contributed by atoms with Crippen LogP contribution in [0.3, 0.4) is 0 Å². The molecule has 1 atom stereocenters. The summed E-state index contributed by atoms with van der Waals surface area (Å²) in [7, 11) is 1.56. The number of ether oxygens (including phenoxy) is 2. The van der Waals surface area contributed by atoms with Crippen LogP contribution in [0.2, 0.25) is 0 Å². The first kappa shape index (κ1) is 16.2. The Kier molecular flexibility index (Phi) is 5.45. The summed E-state index contributed by atoms with van der Waals surface area (Å²) in [5, 5.41) is 13.0. The summed E-state index contributed by atoms with van der Waals surface area (Å²) >= 11 is 0. The Morgan fingerprint density at radius 3 is 2.91 bits per heavy atom. The summed E-state index contributed by atoms with van der Waals surface area (Å²) in [5.41, 5.74) is 0.896. The van der Waals surface area contributed by atoms with Crippen LogP contribution >= 0.6 is 0 Å². The lowest BCUT2D eigenvalue weighted by Crippen LogP contribution is -2.18. The lowest BCUT2D eigenvalue weighted by atomic mass is 9.99. The van der Waals surface area contributed by atoms with Crippen LogP contribution in [-0.2, 0) is 9.53 Å². The average molecular weight is 310 g/mol. The van der Waals surface area contributed by atoms with E-state index in [9.17, 15) is 10.1 Å². The molecule has 2 aromatic rings. The number of carbonyl (C=O) groups excluding carboxylic acids is 1. The molecule has 0 radical (unpaired) electrons. The van der Waals surface area contributed by atoms with Crippen LogP contribution in [-0.4, -0.2) is 36.7 Å². The molecule has 2 aromatic heterocycles. The van der Waals surface area contributed by atoms with Crippen LogP contribution in [0, 0.1) is 23.7 Å². The number of pyridine rings is 2. The van der Waals surface area contributed by atoms with E-state index in [1.165, 1.54) is 6.20 Å². The number of aromatic nitrogens is 2. The number of hydrogen-bond acceptors (Lipinski definition) is 6. The van der Waals surface area contributed by atoms with Gasteiger partial charge in [0.05, 0.1) is 18.2 Å². The van der Waals surface area contributed by atoms with Crippen molar-refractivity contribution >= 4 is 17.2 Å². The van der Waals surface area contributed by atoms with E-state index in [-0.39, 0.29) is 5.88 Å². The van der Waals surface area contributed by atoms with Crippen molar-refractivity contribution in [2.45, 2.75) is 6.04 Å². The maximum Gasteiger partial charge on any atom is 0.230 e. The highest BCUT2D eigenvalue weighted by Crippen LogP contribution is 2.30. The predicted octanol–water partition coefficient (Wildman–Crippen LogP) is 0.947. The molecule has 0 spiro atoms. The fourth-order valence-electron chi connectivity index (χ4n) is 2.13. The van der Waals surface area contributed by atoms with E-state index < -0.39 is 6.04 Å². The third-order valence-electron chi connectivity index (χ3n) is 3.13. The number of nitrogens with one attached hydrogen (secondary N) is 1. The van der Waals surface area contributed by atoms with Crippen molar-refractivity contribution in [3.63, 3.8) is 0 Å². The van der Waals surface area contributed by atoms with E-state index in [2.05, 4.69) is 21.2 Å². The van der Waals surface area contributed by atoms with Crippen LogP contribution in [0.15, 0.2) is 18.6 Å². The summed E-state index contributed by atoms with van der Waals surface area (Å²) < 4.78 is 10.5. The highest BCUT2D eigenvalue weighted by molar-refractivity contribution is 5.92. The molecular formula is C16H14N4O3.